The molecule has 9 rings (SSSR count). The molecule has 7 aromatic carbocycles. The van der Waals surface area contributed by atoms with Crippen LogP contribution in [0.15, 0.2) is 152 Å². The molecule has 1 aliphatic heterocycles. The lowest BCUT2D eigenvalue weighted by molar-refractivity contribution is 1.29. The van der Waals surface area contributed by atoms with Gasteiger partial charge in [0, 0.05) is 27.5 Å². The Morgan fingerprint density at radius 1 is 0.465 bits per heavy atom. The van der Waals surface area contributed by atoms with Crippen LogP contribution < -0.4 is 4.90 Å². The molecule has 3 nitrogen and oxygen atoms in total. The van der Waals surface area contributed by atoms with Gasteiger partial charge in [0.1, 0.15) is 0 Å². The minimum atomic E-state index is -0.447. The van der Waals surface area contributed by atoms with Gasteiger partial charge in [-0.3, -0.25) is 0 Å². The number of fused-ring (bicyclic) bond motifs is 4. The molecule has 8 aromatic rings. The zero-order valence-corrected chi connectivity index (χ0v) is 22.9. The standard InChI is InChI=1S/C40H25N3/c1-2-12-27(13-3-1)39-40(42-34-21-8-7-20-33(34)41-39)32-24-25-36(29-17-5-4-16-28(29)32)43-35-22-9-6-18-30(35)31-19-10-14-26-15-11-23-37(43)38(26)31/h1-25H/i1D,2D,3D,12D,13D. The minimum Gasteiger partial charge on any atom is -0.309 e. The predicted octanol–water partition coefficient (Wildman–Crippen LogP) is 10.7. The van der Waals surface area contributed by atoms with Gasteiger partial charge in [-0.2, -0.15) is 0 Å². The highest BCUT2D eigenvalue weighted by Crippen LogP contribution is 2.52. The van der Waals surface area contributed by atoms with E-state index in [1.807, 2.05) is 48.5 Å². The molecule has 0 bridgehead atoms. The summed E-state index contributed by atoms with van der Waals surface area (Å²) in [5.74, 6) is 0. The molecule has 43 heavy (non-hydrogen) atoms. The van der Waals surface area contributed by atoms with Gasteiger partial charge in [0.05, 0.1) is 46.3 Å². The fraction of sp³-hybridized carbons (Fsp3) is 0. The van der Waals surface area contributed by atoms with E-state index in [0.717, 1.165) is 39.0 Å². The second-order valence-electron chi connectivity index (χ2n) is 10.6. The first kappa shape index (κ1) is 19.3. The molecule has 0 atom stereocenters. The van der Waals surface area contributed by atoms with E-state index in [1.54, 1.807) is 0 Å². The fourth-order valence-corrected chi connectivity index (χ4v) is 6.43. The number of para-hydroxylation sites is 3. The summed E-state index contributed by atoms with van der Waals surface area (Å²) in [7, 11) is 0. The highest BCUT2D eigenvalue weighted by atomic mass is 15.2. The maximum Gasteiger partial charge on any atom is 0.0979 e. The normalized spacial score (nSPS) is 13.8. The van der Waals surface area contributed by atoms with E-state index in [1.165, 1.54) is 16.3 Å². The van der Waals surface area contributed by atoms with Crippen molar-refractivity contribution in [3.8, 4) is 33.6 Å². The van der Waals surface area contributed by atoms with Gasteiger partial charge in [-0.05, 0) is 52.7 Å². The molecule has 1 aliphatic rings. The second kappa shape index (κ2) is 9.37. The number of anilines is 3. The minimum absolute atomic E-state index is 0.0238. The molecule has 3 heteroatoms. The third-order valence-corrected chi connectivity index (χ3v) is 8.26. The first-order chi connectivity index (χ1) is 23.4. The van der Waals surface area contributed by atoms with Gasteiger partial charge >= 0.3 is 0 Å². The summed E-state index contributed by atoms with van der Waals surface area (Å²) in [5, 5.41) is 4.23. The number of nitrogens with zero attached hydrogens (tertiary/aromatic N) is 3. The highest BCUT2D eigenvalue weighted by molar-refractivity contribution is 6.17. The number of benzene rings is 7. The summed E-state index contributed by atoms with van der Waals surface area (Å²) < 4.78 is 42.6. The number of rotatable bonds is 3. The van der Waals surface area contributed by atoms with Crippen molar-refractivity contribution in [2.45, 2.75) is 0 Å². The first-order valence-electron chi connectivity index (χ1n) is 16.7. The molecule has 0 radical (unpaired) electrons. The van der Waals surface area contributed by atoms with Crippen molar-refractivity contribution in [2.24, 2.45) is 0 Å². The molecule has 0 unspecified atom stereocenters. The van der Waals surface area contributed by atoms with Crippen molar-refractivity contribution in [2.75, 3.05) is 4.90 Å². The van der Waals surface area contributed by atoms with Crippen LogP contribution in [0.2, 0.25) is 0 Å². The Hall–Kier alpha value is -5.80. The summed E-state index contributed by atoms with van der Waals surface area (Å²) in [5.41, 5.74) is 8.18. The van der Waals surface area contributed by atoms with Crippen molar-refractivity contribution in [3.63, 3.8) is 0 Å². The van der Waals surface area contributed by atoms with Gasteiger partial charge < -0.3 is 4.90 Å². The van der Waals surface area contributed by atoms with E-state index >= 15 is 0 Å². The van der Waals surface area contributed by atoms with Gasteiger partial charge in [0.25, 0.3) is 0 Å². The third-order valence-electron chi connectivity index (χ3n) is 8.26. The largest absolute Gasteiger partial charge is 0.309 e. The molecule has 2 heterocycles. The maximum atomic E-state index is 8.81. The zero-order chi connectivity index (χ0) is 32.7. The average molecular weight is 553 g/mol. The topological polar surface area (TPSA) is 29.0 Å². The summed E-state index contributed by atoms with van der Waals surface area (Å²) in [6.07, 6.45) is 0. The summed E-state index contributed by atoms with van der Waals surface area (Å²) in [6, 6.07) is 39.1. The lowest BCUT2D eigenvalue weighted by Gasteiger charge is -2.34. The van der Waals surface area contributed by atoms with Crippen LogP contribution in [0, 0.1) is 0 Å². The smallest absolute Gasteiger partial charge is 0.0979 e. The van der Waals surface area contributed by atoms with E-state index in [4.69, 9.17) is 16.8 Å². The summed E-state index contributed by atoms with van der Waals surface area (Å²) >= 11 is 0. The fourth-order valence-electron chi connectivity index (χ4n) is 6.43. The molecule has 200 valence electrons. The van der Waals surface area contributed by atoms with Gasteiger partial charge in [0.2, 0.25) is 0 Å². The van der Waals surface area contributed by atoms with Crippen molar-refractivity contribution in [3.05, 3.63) is 152 Å². The van der Waals surface area contributed by atoms with Gasteiger partial charge in [-0.15, -0.1) is 0 Å². The molecule has 1 aromatic heterocycles. The lowest BCUT2D eigenvalue weighted by atomic mass is 9.90. The van der Waals surface area contributed by atoms with Crippen LogP contribution >= 0.6 is 0 Å². The molecule has 0 spiro atoms. The molecule has 0 aliphatic carbocycles. The van der Waals surface area contributed by atoms with Crippen LogP contribution in [-0.4, -0.2) is 9.97 Å². The van der Waals surface area contributed by atoms with Crippen LogP contribution in [0.25, 0.3) is 66.2 Å². The van der Waals surface area contributed by atoms with Crippen molar-refractivity contribution >= 4 is 49.6 Å². The Labute approximate surface area is 256 Å². The monoisotopic (exact) mass is 552 g/mol. The molecular weight excluding hydrogens is 522 g/mol. The van der Waals surface area contributed by atoms with E-state index in [9.17, 15) is 0 Å². The summed E-state index contributed by atoms with van der Waals surface area (Å²) in [6.45, 7) is 0. The van der Waals surface area contributed by atoms with Gasteiger partial charge in [-0.1, -0.05) is 115 Å². The zero-order valence-electron chi connectivity index (χ0n) is 27.9. The Bertz CT molecular complexity index is 2620. The predicted molar refractivity (Wildman–Crippen MR) is 179 cm³/mol. The van der Waals surface area contributed by atoms with Gasteiger partial charge in [0.15, 0.2) is 0 Å². The van der Waals surface area contributed by atoms with Crippen molar-refractivity contribution < 1.29 is 6.85 Å². The third kappa shape index (κ3) is 3.62. The van der Waals surface area contributed by atoms with E-state index in [-0.39, 0.29) is 23.3 Å². The van der Waals surface area contributed by atoms with Crippen molar-refractivity contribution in [1.82, 2.24) is 9.97 Å². The first-order valence-corrected chi connectivity index (χ1v) is 14.2. The van der Waals surface area contributed by atoms with Crippen LogP contribution in [0.5, 0.6) is 0 Å². The van der Waals surface area contributed by atoms with Crippen LogP contribution in [-0.2, 0) is 0 Å². The van der Waals surface area contributed by atoms with Gasteiger partial charge in [-0.25, -0.2) is 9.97 Å². The molecule has 0 saturated heterocycles. The second-order valence-corrected chi connectivity index (χ2v) is 10.6. The Morgan fingerprint density at radius 3 is 1.95 bits per heavy atom. The Balaban J connectivity index is 1.35. The molecular formula is C40H25N3. The highest BCUT2D eigenvalue weighted by Gasteiger charge is 2.27. The quantitative estimate of drug-likeness (QED) is 0.218. The number of aromatic nitrogens is 2. The average Bonchev–Trinajstić information content (AvgIpc) is 3.13. The summed E-state index contributed by atoms with van der Waals surface area (Å²) in [4.78, 5) is 12.3. The molecule has 0 fully saturated rings. The van der Waals surface area contributed by atoms with E-state index in [2.05, 4.69) is 77.7 Å². The number of hydrogen-bond donors (Lipinski definition) is 0. The van der Waals surface area contributed by atoms with E-state index < -0.39 is 18.1 Å². The van der Waals surface area contributed by atoms with Crippen molar-refractivity contribution in [1.29, 1.82) is 0 Å². The van der Waals surface area contributed by atoms with E-state index in [0.29, 0.717) is 16.7 Å². The van der Waals surface area contributed by atoms with Crippen LogP contribution in [0.1, 0.15) is 6.85 Å². The maximum absolute atomic E-state index is 8.81. The SMILES string of the molecule is [2H]c1c([2H])c([2H])c(-c2nc3ccccc3nc2-c2ccc(N3c4ccccc4-c4cccc5cccc3c45)c3ccccc23)c([2H])c1[2H]. The Morgan fingerprint density at radius 2 is 1.12 bits per heavy atom. The molecule has 0 amide bonds. The lowest BCUT2D eigenvalue weighted by Crippen LogP contribution is -2.15. The Kier molecular flexibility index (Phi) is 4.21. The van der Waals surface area contributed by atoms with Crippen LogP contribution in [0.3, 0.4) is 0 Å². The molecule has 0 N–H and O–H groups in total. The van der Waals surface area contributed by atoms with Crippen LogP contribution in [0.4, 0.5) is 17.1 Å². The molecule has 0 saturated carbocycles. The number of hydrogen-bond acceptors (Lipinski definition) is 3.